The zero-order valence-electron chi connectivity index (χ0n) is 10.4. The number of hydrogen-bond acceptors (Lipinski definition) is 4. The highest BCUT2D eigenvalue weighted by atomic mass is 35.7. The minimum atomic E-state index is -3.83. The molecule has 0 atom stereocenters. The van der Waals surface area contributed by atoms with E-state index in [-0.39, 0.29) is 28.2 Å². The molecule has 1 aromatic rings. The van der Waals surface area contributed by atoms with Crippen LogP contribution >= 0.6 is 22.3 Å². The number of amides is 1. The van der Waals surface area contributed by atoms with Crippen molar-refractivity contribution in [3.63, 3.8) is 0 Å². The number of hydrogen-bond donors (Lipinski definition) is 0. The van der Waals surface area contributed by atoms with Gasteiger partial charge in [0.2, 0.25) is 0 Å². The van der Waals surface area contributed by atoms with Crippen LogP contribution in [-0.4, -0.2) is 39.4 Å². The predicted molar refractivity (Wildman–Crippen MR) is 73.3 cm³/mol. The molecule has 0 aromatic heterocycles. The summed E-state index contributed by atoms with van der Waals surface area (Å²) in [5.74, 6) is 0.0243. The Morgan fingerprint density at radius 1 is 1.42 bits per heavy atom. The number of ether oxygens (including phenoxy) is 1. The summed E-state index contributed by atoms with van der Waals surface area (Å²) in [5.41, 5.74) is 0. The number of nitrogens with zero attached hydrogens (tertiary/aromatic N) is 1. The summed E-state index contributed by atoms with van der Waals surface area (Å²) < 4.78 is 27.4. The molecule has 0 aliphatic carbocycles. The Morgan fingerprint density at radius 3 is 2.53 bits per heavy atom. The zero-order valence-corrected chi connectivity index (χ0v) is 12.7. The molecule has 0 bridgehead atoms. The molecule has 0 aliphatic heterocycles. The first kappa shape index (κ1) is 16.1. The van der Waals surface area contributed by atoms with E-state index >= 15 is 0 Å². The fraction of sp³-hybridized carbons (Fsp3) is 0.364. The highest BCUT2D eigenvalue weighted by Gasteiger charge is 2.14. The van der Waals surface area contributed by atoms with Crippen LogP contribution in [0.5, 0.6) is 5.75 Å². The van der Waals surface area contributed by atoms with E-state index in [1.165, 1.54) is 23.1 Å². The topological polar surface area (TPSA) is 63.7 Å². The van der Waals surface area contributed by atoms with Gasteiger partial charge in [0.05, 0.1) is 9.92 Å². The van der Waals surface area contributed by atoms with Crippen LogP contribution in [0.15, 0.2) is 23.1 Å². The van der Waals surface area contributed by atoms with Crippen LogP contribution in [0.4, 0.5) is 0 Å². The van der Waals surface area contributed by atoms with Gasteiger partial charge < -0.3 is 9.64 Å². The molecule has 19 heavy (non-hydrogen) atoms. The number of benzene rings is 1. The van der Waals surface area contributed by atoms with Crippen LogP contribution in [0.3, 0.4) is 0 Å². The van der Waals surface area contributed by atoms with Crippen molar-refractivity contribution in [2.45, 2.75) is 11.8 Å². The van der Waals surface area contributed by atoms with Gasteiger partial charge in [-0.1, -0.05) is 11.6 Å². The maximum atomic E-state index is 11.5. The molecule has 0 unspecified atom stereocenters. The SMILES string of the molecule is CCN(C)C(=O)COc1ccc(S(=O)(=O)Cl)cc1Cl. The lowest BCUT2D eigenvalue weighted by Crippen LogP contribution is -2.31. The van der Waals surface area contributed by atoms with Gasteiger partial charge in [-0.15, -0.1) is 0 Å². The maximum absolute atomic E-state index is 11.5. The van der Waals surface area contributed by atoms with E-state index in [1.54, 1.807) is 7.05 Å². The molecule has 0 aliphatic rings. The minimum Gasteiger partial charge on any atom is -0.482 e. The molecule has 1 rings (SSSR count). The molecule has 106 valence electrons. The summed E-state index contributed by atoms with van der Waals surface area (Å²) >= 11 is 5.86. The van der Waals surface area contributed by atoms with Crippen LogP contribution in [-0.2, 0) is 13.8 Å². The third-order valence-electron chi connectivity index (χ3n) is 2.44. The quantitative estimate of drug-likeness (QED) is 0.778. The highest BCUT2D eigenvalue weighted by Crippen LogP contribution is 2.28. The molecular weight excluding hydrogens is 313 g/mol. The second kappa shape index (κ2) is 6.45. The molecule has 8 heteroatoms. The van der Waals surface area contributed by atoms with Gasteiger partial charge in [-0.2, -0.15) is 0 Å². The molecule has 0 radical (unpaired) electrons. The Morgan fingerprint density at radius 2 is 2.05 bits per heavy atom. The van der Waals surface area contributed by atoms with Crippen molar-refractivity contribution in [3.8, 4) is 5.75 Å². The molecule has 0 spiro atoms. The first-order valence-electron chi connectivity index (χ1n) is 5.36. The van der Waals surface area contributed by atoms with Gasteiger partial charge in [0.15, 0.2) is 6.61 Å². The van der Waals surface area contributed by atoms with Crippen molar-refractivity contribution >= 4 is 37.2 Å². The largest absolute Gasteiger partial charge is 0.482 e. The summed E-state index contributed by atoms with van der Waals surface area (Å²) in [7, 11) is 3.00. The second-order valence-electron chi connectivity index (χ2n) is 3.73. The second-order valence-corrected chi connectivity index (χ2v) is 6.70. The molecular formula is C11H13Cl2NO4S. The van der Waals surface area contributed by atoms with Gasteiger partial charge in [-0.3, -0.25) is 4.79 Å². The third kappa shape index (κ3) is 4.56. The van der Waals surface area contributed by atoms with Crippen molar-refractivity contribution in [3.05, 3.63) is 23.2 Å². The molecule has 0 fully saturated rings. The van der Waals surface area contributed by atoms with Crippen molar-refractivity contribution in [1.82, 2.24) is 4.90 Å². The van der Waals surface area contributed by atoms with Crippen LogP contribution < -0.4 is 4.74 Å². The van der Waals surface area contributed by atoms with E-state index in [0.717, 1.165) is 0 Å². The molecule has 0 saturated carbocycles. The summed E-state index contributed by atoms with van der Waals surface area (Å²) in [4.78, 5) is 12.9. The first-order valence-corrected chi connectivity index (χ1v) is 8.05. The van der Waals surface area contributed by atoms with Crippen molar-refractivity contribution in [2.75, 3.05) is 20.2 Å². The summed E-state index contributed by atoms with van der Waals surface area (Å²) in [6, 6.07) is 3.79. The van der Waals surface area contributed by atoms with Gasteiger partial charge in [0, 0.05) is 24.3 Å². The zero-order chi connectivity index (χ0) is 14.6. The Kier molecular flexibility index (Phi) is 5.46. The van der Waals surface area contributed by atoms with Gasteiger partial charge in [-0.05, 0) is 25.1 Å². The molecule has 0 saturated heterocycles. The van der Waals surface area contributed by atoms with Crippen LogP contribution in [0, 0.1) is 0 Å². The van der Waals surface area contributed by atoms with Gasteiger partial charge in [0.1, 0.15) is 5.75 Å². The van der Waals surface area contributed by atoms with Crippen molar-refractivity contribution < 1.29 is 17.9 Å². The van der Waals surface area contributed by atoms with Gasteiger partial charge in [0.25, 0.3) is 15.0 Å². The lowest BCUT2D eigenvalue weighted by atomic mass is 10.3. The Hall–Kier alpha value is -0.980. The smallest absolute Gasteiger partial charge is 0.261 e. The Bertz CT molecular complexity index is 574. The monoisotopic (exact) mass is 325 g/mol. The average Bonchev–Trinajstić information content (AvgIpc) is 2.34. The van der Waals surface area contributed by atoms with Gasteiger partial charge in [-0.25, -0.2) is 8.42 Å². The Balaban J connectivity index is 2.79. The Labute approximate surface area is 121 Å². The predicted octanol–water partition coefficient (Wildman–Crippen LogP) is 2.12. The number of halogens is 2. The standard InChI is InChI=1S/C11H13Cl2NO4S/c1-3-14(2)11(15)7-18-10-5-4-8(6-9(10)12)19(13,16)17/h4-6H,3,7H2,1-2H3. The maximum Gasteiger partial charge on any atom is 0.261 e. The molecule has 0 heterocycles. The summed E-state index contributed by atoms with van der Waals surface area (Å²) in [6.45, 7) is 2.24. The van der Waals surface area contributed by atoms with E-state index in [1.807, 2.05) is 6.92 Å². The summed E-state index contributed by atoms with van der Waals surface area (Å²) in [5, 5.41) is 0.0775. The number of likely N-dealkylation sites (N-methyl/N-ethyl adjacent to an activating group) is 1. The molecule has 1 aromatic carbocycles. The molecule has 5 nitrogen and oxygen atoms in total. The lowest BCUT2D eigenvalue weighted by Gasteiger charge is -2.15. The van der Waals surface area contributed by atoms with E-state index in [9.17, 15) is 13.2 Å². The highest BCUT2D eigenvalue weighted by molar-refractivity contribution is 8.13. The first-order chi connectivity index (χ1) is 8.75. The average molecular weight is 326 g/mol. The van der Waals surface area contributed by atoms with Crippen LogP contribution in [0.25, 0.3) is 0 Å². The van der Waals surface area contributed by atoms with Crippen LogP contribution in [0.2, 0.25) is 5.02 Å². The number of carbonyl (C=O) groups is 1. The third-order valence-corrected chi connectivity index (χ3v) is 4.08. The van der Waals surface area contributed by atoms with E-state index in [4.69, 9.17) is 27.0 Å². The number of rotatable bonds is 5. The normalized spacial score (nSPS) is 11.2. The fourth-order valence-corrected chi connectivity index (χ4v) is 2.25. The van der Waals surface area contributed by atoms with E-state index in [0.29, 0.717) is 6.54 Å². The minimum absolute atomic E-state index is 0.0775. The number of carbonyl (C=O) groups excluding carboxylic acids is 1. The van der Waals surface area contributed by atoms with Crippen LogP contribution in [0.1, 0.15) is 6.92 Å². The molecule has 1 amide bonds. The van der Waals surface area contributed by atoms with E-state index < -0.39 is 9.05 Å². The van der Waals surface area contributed by atoms with Gasteiger partial charge >= 0.3 is 0 Å². The summed E-state index contributed by atoms with van der Waals surface area (Å²) in [6.07, 6.45) is 0. The van der Waals surface area contributed by atoms with Crippen molar-refractivity contribution in [2.24, 2.45) is 0 Å². The molecule has 0 N–H and O–H groups in total. The fourth-order valence-electron chi connectivity index (χ4n) is 1.18. The van der Waals surface area contributed by atoms with E-state index in [2.05, 4.69) is 0 Å². The lowest BCUT2D eigenvalue weighted by molar-refractivity contribution is -0.131. The van der Waals surface area contributed by atoms with Crippen molar-refractivity contribution in [1.29, 1.82) is 0 Å².